The minimum absolute atomic E-state index is 0.151. The van der Waals surface area contributed by atoms with Crippen LogP contribution in [0.4, 0.5) is 14.9 Å². The minimum atomic E-state index is -0.679. The Balaban J connectivity index is 1.93. The first-order chi connectivity index (χ1) is 9.15. The maximum absolute atomic E-state index is 12.9. The molecule has 0 spiro atoms. The Bertz CT molecular complexity index is 578. The number of nitrogens with zero attached hydrogens (tertiary/aromatic N) is 1. The van der Waals surface area contributed by atoms with Crippen LogP contribution in [0.3, 0.4) is 0 Å². The molecule has 0 saturated heterocycles. The van der Waals surface area contributed by atoms with E-state index in [1.54, 1.807) is 0 Å². The van der Waals surface area contributed by atoms with Crippen LogP contribution in [0.5, 0.6) is 0 Å². The second-order valence-electron chi connectivity index (χ2n) is 3.67. The molecule has 0 bridgehead atoms. The first-order valence-corrected chi connectivity index (χ1v) is 6.23. The average molecular weight is 325 g/mol. The molecule has 2 aromatic rings. The molecule has 2 rings (SSSR count). The van der Waals surface area contributed by atoms with E-state index in [1.807, 2.05) is 30.3 Å². The predicted molar refractivity (Wildman–Crippen MR) is 72.1 cm³/mol. The van der Waals surface area contributed by atoms with Crippen molar-refractivity contribution in [3.8, 4) is 0 Å². The number of anilines is 1. The number of ether oxygens (including phenoxy) is 1. The molecule has 4 nitrogen and oxygen atoms in total. The molecule has 19 heavy (non-hydrogen) atoms. The van der Waals surface area contributed by atoms with Gasteiger partial charge in [-0.05, 0) is 21.5 Å². The summed E-state index contributed by atoms with van der Waals surface area (Å²) in [4.78, 5) is 15.0. The highest BCUT2D eigenvalue weighted by Gasteiger charge is 2.08. The van der Waals surface area contributed by atoms with E-state index in [9.17, 15) is 9.18 Å². The minimum Gasteiger partial charge on any atom is -0.444 e. The first kappa shape index (κ1) is 13.5. The summed E-state index contributed by atoms with van der Waals surface area (Å²) in [5.74, 6) is -0.679. The Morgan fingerprint density at radius 2 is 2.11 bits per heavy atom. The molecule has 0 aliphatic heterocycles. The van der Waals surface area contributed by atoms with Crippen molar-refractivity contribution in [3.05, 3.63) is 58.6 Å². The standard InChI is InChI=1S/C13H10BrFN2O2/c14-10-7-16-12(15)6-11(10)17-13(18)19-8-9-4-2-1-3-5-9/h1-7H,8H2,(H,16,17,18). The van der Waals surface area contributed by atoms with Crippen LogP contribution in [-0.2, 0) is 11.3 Å². The molecular formula is C13H10BrFN2O2. The summed E-state index contributed by atoms with van der Waals surface area (Å²) in [5.41, 5.74) is 1.14. The van der Waals surface area contributed by atoms with Gasteiger partial charge in [-0.3, -0.25) is 5.32 Å². The van der Waals surface area contributed by atoms with Gasteiger partial charge in [-0.15, -0.1) is 0 Å². The van der Waals surface area contributed by atoms with Crippen molar-refractivity contribution < 1.29 is 13.9 Å². The largest absolute Gasteiger partial charge is 0.444 e. The number of aromatic nitrogens is 1. The molecule has 0 aliphatic rings. The number of benzene rings is 1. The lowest BCUT2D eigenvalue weighted by atomic mass is 10.2. The highest BCUT2D eigenvalue weighted by Crippen LogP contribution is 2.21. The average Bonchev–Trinajstić information content (AvgIpc) is 2.42. The summed E-state index contributed by atoms with van der Waals surface area (Å²) in [6, 6.07) is 10.4. The van der Waals surface area contributed by atoms with Crippen molar-refractivity contribution in [1.82, 2.24) is 4.98 Å². The van der Waals surface area contributed by atoms with Crippen LogP contribution >= 0.6 is 15.9 Å². The highest BCUT2D eigenvalue weighted by molar-refractivity contribution is 9.10. The number of nitrogens with one attached hydrogen (secondary N) is 1. The van der Waals surface area contributed by atoms with Crippen LogP contribution in [-0.4, -0.2) is 11.1 Å². The summed E-state index contributed by atoms with van der Waals surface area (Å²) in [6.45, 7) is 0.151. The highest BCUT2D eigenvalue weighted by atomic mass is 79.9. The van der Waals surface area contributed by atoms with Crippen LogP contribution < -0.4 is 5.32 Å². The normalized spacial score (nSPS) is 10.0. The van der Waals surface area contributed by atoms with Gasteiger partial charge in [-0.2, -0.15) is 4.39 Å². The third-order valence-corrected chi connectivity index (χ3v) is 2.90. The summed E-state index contributed by atoms with van der Waals surface area (Å²) in [5, 5.41) is 2.43. The van der Waals surface area contributed by atoms with Gasteiger partial charge in [-0.1, -0.05) is 30.3 Å². The monoisotopic (exact) mass is 324 g/mol. The van der Waals surface area contributed by atoms with Crippen molar-refractivity contribution in [2.75, 3.05) is 5.32 Å². The molecule has 6 heteroatoms. The maximum Gasteiger partial charge on any atom is 0.411 e. The number of halogens is 2. The van der Waals surface area contributed by atoms with Gasteiger partial charge in [-0.25, -0.2) is 9.78 Å². The van der Waals surface area contributed by atoms with Gasteiger partial charge in [0, 0.05) is 12.3 Å². The molecule has 98 valence electrons. The van der Waals surface area contributed by atoms with E-state index in [-0.39, 0.29) is 12.3 Å². The molecule has 1 aromatic carbocycles. The topological polar surface area (TPSA) is 51.2 Å². The van der Waals surface area contributed by atoms with E-state index < -0.39 is 12.0 Å². The van der Waals surface area contributed by atoms with E-state index in [2.05, 4.69) is 26.2 Å². The molecular weight excluding hydrogens is 315 g/mol. The van der Waals surface area contributed by atoms with E-state index in [4.69, 9.17) is 4.74 Å². The molecule has 1 N–H and O–H groups in total. The number of hydrogen-bond donors (Lipinski definition) is 1. The number of pyridine rings is 1. The Kier molecular flexibility index (Phi) is 4.46. The van der Waals surface area contributed by atoms with Gasteiger partial charge in [0.05, 0.1) is 10.2 Å². The lowest BCUT2D eigenvalue weighted by Crippen LogP contribution is -2.14. The van der Waals surface area contributed by atoms with Gasteiger partial charge < -0.3 is 4.74 Å². The second kappa shape index (κ2) is 6.29. The smallest absolute Gasteiger partial charge is 0.411 e. The maximum atomic E-state index is 12.9. The summed E-state index contributed by atoms with van der Waals surface area (Å²) < 4.78 is 18.4. The molecule has 1 amide bonds. The number of carbonyl (C=O) groups excluding carboxylic acids is 1. The Labute approximate surface area is 117 Å². The Morgan fingerprint density at radius 1 is 1.37 bits per heavy atom. The Hall–Kier alpha value is -1.95. The lowest BCUT2D eigenvalue weighted by molar-refractivity contribution is 0.155. The van der Waals surface area contributed by atoms with E-state index >= 15 is 0 Å². The van der Waals surface area contributed by atoms with Crippen molar-refractivity contribution in [2.24, 2.45) is 0 Å². The molecule has 1 heterocycles. The van der Waals surface area contributed by atoms with E-state index in [0.717, 1.165) is 11.6 Å². The van der Waals surface area contributed by atoms with Crippen LogP contribution in [0.15, 0.2) is 47.1 Å². The quantitative estimate of drug-likeness (QED) is 0.875. The lowest BCUT2D eigenvalue weighted by Gasteiger charge is -2.08. The summed E-state index contributed by atoms with van der Waals surface area (Å²) in [7, 11) is 0. The summed E-state index contributed by atoms with van der Waals surface area (Å²) in [6.07, 6.45) is 0.609. The fraction of sp³-hybridized carbons (Fsp3) is 0.0769. The van der Waals surface area contributed by atoms with Crippen LogP contribution in [0, 0.1) is 5.95 Å². The van der Waals surface area contributed by atoms with Gasteiger partial charge in [0.15, 0.2) is 0 Å². The van der Waals surface area contributed by atoms with Gasteiger partial charge in [0.25, 0.3) is 0 Å². The zero-order valence-electron chi connectivity index (χ0n) is 9.77. The van der Waals surface area contributed by atoms with Gasteiger partial charge >= 0.3 is 6.09 Å². The molecule has 1 aromatic heterocycles. The zero-order valence-corrected chi connectivity index (χ0v) is 11.4. The number of amides is 1. The fourth-order valence-corrected chi connectivity index (χ4v) is 1.69. The number of rotatable bonds is 3. The van der Waals surface area contributed by atoms with E-state index in [1.165, 1.54) is 6.20 Å². The Morgan fingerprint density at radius 3 is 2.84 bits per heavy atom. The molecule has 0 fully saturated rings. The molecule has 0 unspecified atom stereocenters. The van der Waals surface area contributed by atoms with Crippen molar-refractivity contribution in [1.29, 1.82) is 0 Å². The molecule has 0 radical (unpaired) electrons. The predicted octanol–water partition coefficient (Wildman–Crippen LogP) is 3.73. The van der Waals surface area contributed by atoms with Crippen LogP contribution in [0.25, 0.3) is 0 Å². The van der Waals surface area contributed by atoms with Crippen molar-refractivity contribution >= 4 is 27.7 Å². The summed E-state index contributed by atoms with van der Waals surface area (Å²) >= 11 is 3.16. The van der Waals surface area contributed by atoms with Crippen molar-refractivity contribution in [3.63, 3.8) is 0 Å². The third kappa shape index (κ3) is 4.03. The first-order valence-electron chi connectivity index (χ1n) is 5.44. The van der Waals surface area contributed by atoms with Crippen LogP contribution in [0.2, 0.25) is 0 Å². The third-order valence-electron chi connectivity index (χ3n) is 2.27. The molecule has 0 atom stereocenters. The second-order valence-corrected chi connectivity index (χ2v) is 4.53. The van der Waals surface area contributed by atoms with Gasteiger partial charge in [0.1, 0.15) is 6.61 Å². The number of hydrogen-bond acceptors (Lipinski definition) is 3. The zero-order chi connectivity index (χ0) is 13.7. The fourth-order valence-electron chi connectivity index (χ4n) is 1.38. The van der Waals surface area contributed by atoms with Crippen molar-refractivity contribution in [2.45, 2.75) is 6.61 Å². The number of carbonyl (C=O) groups is 1. The van der Waals surface area contributed by atoms with Crippen LogP contribution in [0.1, 0.15) is 5.56 Å². The molecule has 0 aliphatic carbocycles. The van der Waals surface area contributed by atoms with Gasteiger partial charge in [0.2, 0.25) is 5.95 Å². The SMILES string of the molecule is O=C(Nc1cc(F)ncc1Br)OCc1ccccc1. The molecule has 0 saturated carbocycles. The van der Waals surface area contributed by atoms with E-state index in [0.29, 0.717) is 4.47 Å².